The molecule has 0 aliphatic carbocycles. The van der Waals surface area contributed by atoms with Crippen molar-refractivity contribution in [1.82, 2.24) is 0 Å². The fourth-order valence-electron chi connectivity index (χ4n) is 0.728. The highest BCUT2D eigenvalue weighted by atomic mass is 16.7. The van der Waals surface area contributed by atoms with E-state index in [0.717, 1.165) is 0 Å². The second-order valence-corrected chi connectivity index (χ2v) is 4.23. The van der Waals surface area contributed by atoms with Gasteiger partial charge in [0.25, 0.3) is 0 Å². The summed E-state index contributed by atoms with van der Waals surface area (Å²) < 4.78 is 11.1. The van der Waals surface area contributed by atoms with Gasteiger partial charge in [0, 0.05) is 0 Å². The van der Waals surface area contributed by atoms with Crippen LogP contribution in [0.1, 0.15) is 42.5 Å². The summed E-state index contributed by atoms with van der Waals surface area (Å²) in [6, 6.07) is 0.583. The summed E-state index contributed by atoms with van der Waals surface area (Å²) in [4.78, 5) is 0. The maximum Gasteiger partial charge on any atom is 0.163 e. The van der Waals surface area contributed by atoms with Gasteiger partial charge >= 0.3 is 0 Å². The third-order valence-corrected chi connectivity index (χ3v) is 1.43. The van der Waals surface area contributed by atoms with E-state index >= 15 is 0 Å². The Bertz CT molecular complexity index is 123. The number of ether oxygens (including phenoxy) is 2. The minimum absolute atomic E-state index is 0. The van der Waals surface area contributed by atoms with Crippen molar-refractivity contribution in [3.63, 3.8) is 0 Å². The van der Waals surface area contributed by atoms with E-state index in [9.17, 15) is 0 Å². The van der Waals surface area contributed by atoms with Gasteiger partial charge in [-0.2, -0.15) is 0 Å². The summed E-state index contributed by atoms with van der Waals surface area (Å²) >= 11 is 0. The first-order valence-corrected chi connectivity index (χ1v) is 4.77. The number of hydrogen-bond acceptors (Lipinski definition) is 2. The van der Waals surface area contributed by atoms with E-state index in [4.69, 9.17) is 9.47 Å². The molecule has 0 fully saturated rings. The van der Waals surface area contributed by atoms with Crippen molar-refractivity contribution in [2.45, 2.75) is 60.4 Å². The van der Waals surface area contributed by atoms with Crippen LogP contribution in [0.25, 0.3) is 0 Å². The first-order valence-electron chi connectivity index (χ1n) is 4.77. The van der Waals surface area contributed by atoms with Crippen molar-refractivity contribution in [2.24, 2.45) is 0 Å². The van der Waals surface area contributed by atoms with Gasteiger partial charge in [-0.25, -0.2) is 0 Å². The van der Waals surface area contributed by atoms with Crippen molar-refractivity contribution >= 4 is 0 Å². The van der Waals surface area contributed by atoms with E-state index in [1.165, 1.54) is 0 Å². The quantitative estimate of drug-likeness (QED) is 0.636. The van der Waals surface area contributed by atoms with E-state index in [1.54, 1.807) is 0 Å². The van der Waals surface area contributed by atoms with E-state index in [1.807, 2.05) is 27.7 Å². The summed E-state index contributed by atoms with van der Waals surface area (Å²) in [6.45, 7) is 9.10. The molecular weight excluding hydrogens is 192 g/mol. The predicted octanol–water partition coefficient (Wildman–Crippen LogP) is 0.289. The predicted molar refractivity (Wildman–Crippen MR) is 64.1 cm³/mol. The number of hydrogen-bond donors (Lipinski definition) is 2. The molecule has 4 heteroatoms. The standard InChI is InChI=1S/C9H22N2O2.2CH4/c1-7(10)5-12-9(3,4)13-6-8(2)11;;/h7-8H,5-6,10-11H2,1-4H3;2*1H4/p+2. The summed E-state index contributed by atoms with van der Waals surface area (Å²) in [5, 5.41) is 0. The third-order valence-electron chi connectivity index (χ3n) is 1.43. The van der Waals surface area contributed by atoms with Gasteiger partial charge in [0.1, 0.15) is 25.3 Å². The molecule has 0 saturated heterocycles. The van der Waals surface area contributed by atoms with Gasteiger partial charge in [0.15, 0.2) is 5.79 Å². The van der Waals surface area contributed by atoms with Gasteiger partial charge in [-0.05, 0) is 27.7 Å². The molecule has 0 saturated carbocycles. The highest BCUT2D eigenvalue weighted by molar-refractivity contribution is 4.56. The zero-order valence-electron chi connectivity index (χ0n) is 9.30. The van der Waals surface area contributed by atoms with E-state index in [2.05, 4.69) is 11.5 Å². The SMILES string of the molecule is C.C.CC([NH3+])COC(C)(C)OCC(C)[NH3+]. The van der Waals surface area contributed by atoms with E-state index in [0.29, 0.717) is 25.3 Å². The molecule has 0 spiro atoms. The fraction of sp³-hybridized carbons (Fsp3) is 1.00. The van der Waals surface area contributed by atoms with Crippen LogP contribution in [0.15, 0.2) is 0 Å². The molecule has 96 valence electrons. The average Bonchev–Trinajstić information content (AvgIpc) is 1.98. The van der Waals surface area contributed by atoms with Gasteiger partial charge in [0.2, 0.25) is 0 Å². The molecule has 2 atom stereocenters. The Labute approximate surface area is 95.3 Å². The maximum absolute atomic E-state index is 5.53. The Morgan fingerprint density at radius 3 is 1.40 bits per heavy atom. The molecule has 2 unspecified atom stereocenters. The molecule has 0 bridgehead atoms. The van der Waals surface area contributed by atoms with Crippen LogP contribution in [0, 0.1) is 0 Å². The second-order valence-electron chi connectivity index (χ2n) is 4.23. The van der Waals surface area contributed by atoms with Crippen LogP contribution in [-0.4, -0.2) is 31.1 Å². The van der Waals surface area contributed by atoms with E-state index < -0.39 is 5.79 Å². The lowest BCUT2D eigenvalue weighted by Crippen LogP contribution is -2.63. The second kappa shape index (κ2) is 9.09. The van der Waals surface area contributed by atoms with Crippen molar-refractivity contribution in [3.8, 4) is 0 Å². The van der Waals surface area contributed by atoms with Gasteiger partial charge in [-0.3, -0.25) is 0 Å². The monoisotopic (exact) mass is 224 g/mol. The number of rotatable bonds is 6. The Morgan fingerprint density at radius 1 is 0.933 bits per heavy atom. The smallest absolute Gasteiger partial charge is 0.163 e. The van der Waals surface area contributed by atoms with Crippen LogP contribution >= 0.6 is 0 Å². The molecule has 6 N–H and O–H groups in total. The molecule has 0 rings (SSSR count). The molecule has 0 aliphatic rings. The summed E-state index contributed by atoms with van der Waals surface area (Å²) in [5.41, 5.74) is 7.69. The zero-order chi connectivity index (χ0) is 10.5. The normalized spacial score (nSPS) is 14.8. The van der Waals surface area contributed by atoms with Gasteiger partial charge < -0.3 is 20.9 Å². The highest BCUT2D eigenvalue weighted by Crippen LogP contribution is 2.10. The first kappa shape index (κ1) is 20.3. The van der Waals surface area contributed by atoms with Crippen LogP contribution in [-0.2, 0) is 9.47 Å². The molecular formula is C11H32N2O2+2. The van der Waals surface area contributed by atoms with E-state index in [-0.39, 0.29) is 14.9 Å². The molecule has 0 heterocycles. The lowest BCUT2D eigenvalue weighted by atomic mass is 10.3. The lowest BCUT2D eigenvalue weighted by Gasteiger charge is -2.26. The summed E-state index contributed by atoms with van der Waals surface area (Å²) in [5.74, 6) is -0.516. The molecule has 0 aromatic rings. The van der Waals surface area contributed by atoms with Crippen LogP contribution in [0.2, 0.25) is 0 Å². The lowest BCUT2D eigenvalue weighted by molar-refractivity contribution is -0.439. The van der Waals surface area contributed by atoms with Crippen molar-refractivity contribution < 1.29 is 20.9 Å². The minimum atomic E-state index is -0.516. The Kier molecular flexibility index (Phi) is 12.3. The van der Waals surface area contributed by atoms with Gasteiger partial charge in [-0.1, -0.05) is 14.9 Å². The van der Waals surface area contributed by atoms with Gasteiger partial charge in [0.05, 0.1) is 0 Å². The topological polar surface area (TPSA) is 73.7 Å². The molecule has 4 nitrogen and oxygen atoms in total. The summed E-state index contributed by atoms with van der Waals surface area (Å²) in [7, 11) is 0. The molecule has 15 heavy (non-hydrogen) atoms. The Morgan fingerprint density at radius 2 is 1.20 bits per heavy atom. The van der Waals surface area contributed by atoms with Gasteiger partial charge in [-0.15, -0.1) is 0 Å². The third kappa shape index (κ3) is 13.8. The van der Waals surface area contributed by atoms with Crippen LogP contribution in [0.4, 0.5) is 0 Å². The average molecular weight is 224 g/mol. The Hall–Kier alpha value is -0.160. The van der Waals surface area contributed by atoms with Crippen LogP contribution in [0.5, 0.6) is 0 Å². The van der Waals surface area contributed by atoms with Crippen molar-refractivity contribution in [1.29, 1.82) is 0 Å². The molecule has 0 amide bonds. The largest absolute Gasteiger partial charge is 0.353 e. The van der Waals surface area contributed by atoms with Crippen LogP contribution in [0.3, 0.4) is 0 Å². The van der Waals surface area contributed by atoms with Crippen molar-refractivity contribution in [3.05, 3.63) is 0 Å². The zero-order valence-corrected chi connectivity index (χ0v) is 9.30. The highest BCUT2D eigenvalue weighted by Gasteiger charge is 2.20. The number of quaternary nitrogens is 2. The van der Waals surface area contributed by atoms with Crippen LogP contribution < -0.4 is 11.5 Å². The molecule has 0 aromatic heterocycles. The summed E-state index contributed by atoms with van der Waals surface area (Å²) in [6.07, 6.45) is 0. The molecule has 0 radical (unpaired) electrons. The first-order chi connectivity index (χ1) is 5.83. The maximum atomic E-state index is 5.53. The molecule has 0 aromatic carbocycles. The molecule has 0 aliphatic heterocycles. The Balaban J connectivity index is -0.000000720. The fourth-order valence-corrected chi connectivity index (χ4v) is 0.728. The minimum Gasteiger partial charge on any atom is -0.353 e. The van der Waals surface area contributed by atoms with Crippen molar-refractivity contribution in [2.75, 3.05) is 13.2 Å².